The fourth-order valence-electron chi connectivity index (χ4n) is 1.64. The highest BCUT2D eigenvalue weighted by molar-refractivity contribution is 6.33. The summed E-state index contributed by atoms with van der Waals surface area (Å²) in [5.41, 5.74) is 7.78. The van der Waals surface area contributed by atoms with E-state index in [1.807, 2.05) is 36.4 Å². The number of halogens is 3. The van der Waals surface area contributed by atoms with Crippen molar-refractivity contribution in [3.63, 3.8) is 0 Å². The van der Waals surface area contributed by atoms with Crippen LogP contribution in [0, 0.1) is 0 Å². The molecule has 0 saturated heterocycles. The van der Waals surface area contributed by atoms with E-state index in [4.69, 9.17) is 28.9 Å². The minimum atomic E-state index is 0. The lowest BCUT2D eigenvalue weighted by Crippen LogP contribution is -2.08. The van der Waals surface area contributed by atoms with E-state index in [0.717, 1.165) is 11.1 Å². The molecule has 0 bridgehead atoms. The maximum atomic E-state index is 6.07. The molecule has 2 aromatic rings. The summed E-state index contributed by atoms with van der Waals surface area (Å²) in [7, 11) is 0. The van der Waals surface area contributed by atoms with Crippen LogP contribution in [0.1, 0.15) is 11.1 Å². The van der Waals surface area contributed by atoms with Gasteiger partial charge in [0, 0.05) is 10.0 Å². The molecule has 2 N–H and O–H groups in total. The van der Waals surface area contributed by atoms with Crippen molar-refractivity contribution in [3.8, 4) is 0 Å². The summed E-state index contributed by atoms with van der Waals surface area (Å²) in [6.07, 6.45) is 3.69. The third-order valence-electron chi connectivity index (χ3n) is 2.69. The molecule has 0 saturated carbocycles. The van der Waals surface area contributed by atoms with Crippen molar-refractivity contribution in [2.45, 2.75) is 6.54 Å². The standard InChI is InChI=1S/C16H14Cl2N2.ClH/c17-14-7-8-15(18)13(10-14)11-20-16(19)9-6-12-4-2-1-3-5-12;/h1-10H,11H2,(H2,19,20);1H/b9-6+;. The van der Waals surface area contributed by atoms with E-state index in [-0.39, 0.29) is 12.4 Å². The second kappa shape index (κ2) is 8.73. The lowest BCUT2D eigenvalue weighted by atomic mass is 10.2. The average Bonchev–Trinajstić information content (AvgIpc) is 2.47. The van der Waals surface area contributed by atoms with E-state index >= 15 is 0 Å². The molecule has 0 spiro atoms. The largest absolute Gasteiger partial charge is 0.384 e. The number of hydrogen-bond donors (Lipinski definition) is 1. The first-order valence-electron chi connectivity index (χ1n) is 6.12. The highest BCUT2D eigenvalue weighted by atomic mass is 35.5. The molecule has 2 aromatic carbocycles. The fourth-order valence-corrected chi connectivity index (χ4v) is 2.01. The van der Waals surface area contributed by atoms with Gasteiger partial charge in [0.15, 0.2) is 0 Å². The molecule has 2 rings (SSSR count). The molecule has 21 heavy (non-hydrogen) atoms. The molecule has 0 amide bonds. The summed E-state index contributed by atoms with van der Waals surface area (Å²) in [5, 5.41) is 1.27. The monoisotopic (exact) mass is 340 g/mol. The molecule has 110 valence electrons. The van der Waals surface area contributed by atoms with Gasteiger partial charge in [-0.25, -0.2) is 0 Å². The van der Waals surface area contributed by atoms with Crippen LogP contribution in [0.3, 0.4) is 0 Å². The maximum Gasteiger partial charge on any atom is 0.118 e. The van der Waals surface area contributed by atoms with Crippen molar-refractivity contribution in [1.82, 2.24) is 0 Å². The molecular formula is C16H15Cl3N2. The SMILES string of the molecule is Cl.NC(/C=C/c1ccccc1)=NCc1cc(Cl)ccc1Cl. The average molecular weight is 342 g/mol. The molecule has 0 aromatic heterocycles. The van der Waals surface area contributed by atoms with Gasteiger partial charge in [-0.3, -0.25) is 4.99 Å². The predicted octanol–water partition coefficient (Wildman–Crippen LogP) is 4.99. The molecular weight excluding hydrogens is 327 g/mol. The molecule has 5 heteroatoms. The van der Waals surface area contributed by atoms with Crippen LogP contribution in [-0.4, -0.2) is 5.84 Å². The van der Waals surface area contributed by atoms with Gasteiger partial charge in [-0.1, -0.05) is 59.6 Å². The Morgan fingerprint density at radius 1 is 1.10 bits per heavy atom. The van der Waals surface area contributed by atoms with Crippen molar-refractivity contribution in [2.24, 2.45) is 10.7 Å². The van der Waals surface area contributed by atoms with Crippen LogP contribution in [0.15, 0.2) is 59.6 Å². The van der Waals surface area contributed by atoms with Gasteiger partial charge in [0.2, 0.25) is 0 Å². The number of amidine groups is 1. The van der Waals surface area contributed by atoms with Gasteiger partial charge in [-0.05, 0) is 35.4 Å². The Morgan fingerprint density at radius 3 is 2.52 bits per heavy atom. The van der Waals surface area contributed by atoms with Crippen molar-refractivity contribution in [3.05, 3.63) is 75.8 Å². The molecule has 0 aliphatic heterocycles. The van der Waals surface area contributed by atoms with Crippen molar-refractivity contribution < 1.29 is 0 Å². The molecule has 0 heterocycles. The zero-order chi connectivity index (χ0) is 14.4. The molecule has 0 fully saturated rings. The zero-order valence-electron chi connectivity index (χ0n) is 11.2. The van der Waals surface area contributed by atoms with E-state index < -0.39 is 0 Å². The minimum Gasteiger partial charge on any atom is -0.384 e. The summed E-state index contributed by atoms with van der Waals surface area (Å²) in [4.78, 5) is 4.28. The van der Waals surface area contributed by atoms with Crippen LogP contribution in [0.25, 0.3) is 6.08 Å². The summed E-state index contributed by atoms with van der Waals surface area (Å²) >= 11 is 12.0. The minimum absolute atomic E-state index is 0. The lowest BCUT2D eigenvalue weighted by molar-refractivity contribution is 1.06. The molecule has 0 atom stereocenters. The summed E-state index contributed by atoms with van der Waals surface area (Å²) < 4.78 is 0. The Bertz CT molecular complexity index is 637. The van der Waals surface area contributed by atoms with Gasteiger partial charge in [-0.2, -0.15) is 0 Å². The van der Waals surface area contributed by atoms with E-state index in [1.165, 1.54) is 0 Å². The van der Waals surface area contributed by atoms with Crippen molar-refractivity contribution >= 4 is 47.5 Å². The van der Waals surface area contributed by atoms with Crippen molar-refractivity contribution in [1.29, 1.82) is 0 Å². The molecule has 0 aliphatic carbocycles. The first-order valence-corrected chi connectivity index (χ1v) is 6.88. The summed E-state index contributed by atoms with van der Waals surface area (Å²) in [6, 6.07) is 15.2. The molecule has 0 unspecified atom stereocenters. The van der Waals surface area contributed by atoms with E-state index in [2.05, 4.69) is 4.99 Å². The Balaban J connectivity index is 0.00000220. The van der Waals surface area contributed by atoms with Gasteiger partial charge in [0.1, 0.15) is 5.84 Å². The quantitative estimate of drug-likeness (QED) is 0.617. The van der Waals surface area contributed by atoms with Crippen LogP contribution in [0.2, 0.25) is 10.0 Å². The van der Waals surface area contributed by atoms with Gasteiger partial charge in [0.05, 0.1) is 6.54 Å². The van der Waals surface area contributed by atoms with Crippen LogP contribution in [0.5, 0.6) is 0 Å². The predicted molar refractivity (Wildman–Crippen MR) is 94.5 cm³/mol. The second-order valence-electron chi connectivity index (χ2n) is 4.22. The fraction of sp³-hybridized carbons (Fsp3) is 0.0625. The van der Waals surface area contributed by atoms with Crippen LogP contribution in [-0.2, 0) is 6.54 Å². The number of aliphatic imine (C=N–C) groups is 1. The number of rotatable bonds is 4. The molecule has 0 aliphatic rings. The van der Waals surface area contributed by atoms with Crippen LogP contribution >= 0.6 is 35.6 Å². The first kappa shape index (κ1) is 17.6. The normalized spacial score (nSPS) is 11.4. The van der Waals surface area contributed by atoms with Crippen LogP contribution < -0.4 is 5.73 Å². The Morgan fingerprint density at radius 2 is 1.81 bits per heavy atom. The van der Waals surface area contributed by atoms with Gasteiger partial charge in [-0.15, -0.1) is 12.4 Å². The molecule has 0 radical (unpaired) electrons. The molecule has 2 nitrogen and oxygen atoms in total. The third-order valence-corrected chi connectivity index (χ3v) is 3.29. The first-order chi connectivity index (χ1) is 9.65. The van der Waals surface area contributed by atoms with Gasteiger partial charge in [0.25, 0.3) is 0 Å². The van der Waals surface area contributed by atoms with E-state index in [0.29, 0.717) is 22.4 Å². The number of nitrogens with zero attached hydrogens (tertiary/aromatic N) is 1. The third kappa shape index (κ3) is 5.80. The van der Waals surface area contributed by atoms with Crippen LogP contribution in [0.4, 0.5) is 0 Å². The lowest BCUT2D eigenvalue weighted by Gasteiger charge is -2.01. The smallest absolute Gasteiger partial charge is 0.118 e. The van der Waals surface area contributed by atoms with E-state index in [1.54, 1.807) is 24.3 Å². The summed E-state index contributed by atoms with van der Waals surface area (Å²) in [6.45, 7) is 0.407. The Labute approximate surface area is 140 Å². The van der Waals surface area contributed by atoms with Crippen molar-refractivity contribution in [2.75, 3.05) is 0 Å². The van der Waals surface area contributed by atoms with Gasteiger partial charge >= 0.3 is 0 Å². The summed E-state index contributed by atoms with van der Waals surface area (Å²) in [5.74, 6) is 0.449. The highest BCUT2D eigenvalue weighted by Crippen LogP contribution is 2.21. The Hall–Kier alpha value is -1.48. The number of benzene rings is 2. The second-order valence-corrected chi connectivity index (χ2v) is 5.06. The van der Waals surface area contributed by atoms with E-state index in [9.17, 15) is 0 Å². The zero-order valence-corrected chi connectivity index (χ0v) is 13.5. The topological polar surface area (TPSA) is 38.4 Å². The number of nitrogens with two attached hydrogens (primary N) is 1. The Kier molecular flexibility index (Phi) is 7.30. The van der Waals surface area contributed by atoms with Gasteiger partial charge < -0.3 is 5.73 Å². The number of hydrogen-bond acceptors (Lipinski definition) is 1. The maximum absolute atomic E-state index is 6.07. The highest BCUT2D eigenvalue weighted by Gasteiger charge is 2.00.